The number of carbonyl (C=O) groups is 1. The van der Waals surface area contributed by atoms with Gasteiger partial charge in [0.2, 0.25) is 5.91 Å². The van der Waals surface area contributed by atoms with Crippen LogP contribution >= 0.6 is 0 Å². The maximum absolute atomic E-state index is 11.6. The van der Waals surface area contributed by atoms with Crippen LogP contribution in [-0.2, 0) is 9.53 Å². The molecule has 1 fully saturated rings. The molecule has 0 spiro atoms. The van der Waals surface area contributed by atoms with Crippen LogP contribution < -0.4 is 0 Å². The molecule has 0 aliphatic carbocycles. The predicted molar refractivity (Wildman–Crippen MR) is 56.1 cm³/mol. The third kappa shape index (κ3) is 2.27. The monoisotopic (exact) mass is 199 g/mol. The third-order valence-electron chi connectivity index (χ3n) is 3.56. The van der Waals surface area contributed by atoms with Crippen LogP contribution in [0.4, 0.5) is 0 Å². The minimum absolute atomic E-state index is 0.135. The summed E-state index contributed by atoms with van der Waals surface area (Å²) < 4.78 is 4.86. The molecular formula is C11H21NO2. The lowest BCUT2D eigenvalue weighted by molar-refractivity contribution is -0.134. The summed E-state index contributed by atoms with van der Waals surface area (Å²) in [4.78, 5) is 13.5. The highest BCUT2D eigenvalue weighted by Crippen LogP contribution is 2.36. The number of nitrogens with zero attached hydrogens (tertiary/aromatic N) is 1. The molecule has 0 aromatic rings. The highest BCUT2D eigenvalue weighted by atomic mass is 16.5. The van der Waals surface area contributed by atoms with Crippen molar-refractivity contribution in [3.8, 4) is 0 Å². The Morgan fingerprint density at radius 1 is 1.43 bits per heavy atom. The Morgan fingerprint density at radius 3 is 2.50 bits per heavy atom. The van der Waals surface area contributed by atoms with E-state index in [4.69, 9.17) is 4.74 Å². The van der Waals surface area contributed by atoms with E-state index in [1.54, 1.807) is 7.11 Å². The van der Waals surface area contributed by atoms with Gasteiger partial charge in [-0.25, -0.2) is 0 Å². The number of likely N-dealkylation sites (tertiary alicyclic amines) is 1. The average molecular weight is 199 g/mol. The van der Waals surface area contributed by atoms with E-state index < -0.39 is 0 Å². The predicted octanol–water partition coefficient (Wildman–Crippen LogP) is 1.67. The molecule has 1 aliphatic heterocycles. The fraction of sp³-hybridized carbons (Fsp3) is 0.909. The summed E-state index contributed by atoms with van der Waals surface area (Å²) >= 11 is 0. The summed E-state index contributed by atoms with van der Waals surface area (Å²) in [6.45, 7) is 6.48. The molecule has 0 radical (unpaired) electrons. The van der Waals surface area contributed by atoms with Crippen molar-refractivity contribution >= 4 is 5.91 Å². The smallest absolute Gasteiger partial charge is 0.248 e. The fourth-order valence-corrected chi connectivity index (χ4v) is 2.19. The number of rotatable bonds is 4. The molecule has 0 aromatic heterocycles. The van der Waals surface area contributed by atoms with Crippen LogP contribution in [0.5, 0.6) is 0 Å². The molecule has 0 saturated carbocycles. The Balaban J connectivity index is 2.51. The molecule has 1 amide bonds. The number of carbonyl (C=O) groups excluding carboxylic acids is 1. The van der Waals surface area contributed by atoms with Crippen molar-refractivity contribution in [1.29, 1.82) is 0 Å². The third-order valence-corrected chi connectivity index (χ3v) is 3.56. The van der Waals surface area contributed by atoms with Crippen molar-refractivity contribution in [1.82, 2.24) is 4.90 Å². The van der Waals surface area contributed by atoms with Crippen LogP contribution in [0.1, 0.15) is 33.1 Å². The van der Waals surface area contributed by atoms with Gasteiger partial charge in [0.25, 0.3) is 0 Å². The van der Waals surface area contributed by atoms with Crippen LogP contribution in [0, 0.1) is 5.41 Å². The Labute approximate surface area is 86.4 Å². The molecule has 1 aliphatic rings. The lowest BCUT2D eigenvalue weighted by Crippen LogP contribution is -2.34. The number of ether oxygens (including phenoxy) is 1. The molecule has 3 nitrogen and oxygen atoms in total. The number of methoxy groups -OCH3 is 1. The summed E-state index contributed by atoms with van der Waals surface area (Å²) in [6, 6.07) is 0. The van der Waals surface area contributed by atoms with Crippen molar-refractivity contribution in [2.45, 2.75) is 33.1 Å². The normalized spacial score (nSPS) is 20.1. The van der Waals surface area contributed by atoms with E-state index in [1.165, 1.54) is 12.8 Å². The lowest BCUT2D eigenvalue weighted by atomic mass is 9.82. The first-order chi connectivity index (χ1) is 6.67. The van der Waals surface area contributed by atoms with E-state index in [0.29, 0.717) is 5.41 Å². The van der Waals surface area contributed by atoms with E-state index in [-0.39, 0.29) is 12.5 Å². The Hall–Kier alpha value is -0.570. The first kappa shape index (κ1) is 11.5. The van der Waals surface area contributed by atoms with Gasteiger partial charge in [0.05, 0.1) is 0 Å². The van der Waals surface area contributed by atoms with Crippen LogP contribution in [0.15, 0.2) is 0 Å². The van der Waals surface area contributed by atoms with E-state index in [0.717, 1.165) is 19.5 Å². The van der Waals surface area contributed by atoms with Gasteiger partial charge in [-0.15, -0.1) is 0 Å². The van der Waals surface area contributed by atoms with Gasteiger partial charge in [-0.1, -0.05) is 13.8 Å². The van der Waals surface area contributed by atoms with Gasteiger partial charge >= 0.3 is 0 Å². The molecule has 14 heavy (non-hydrogen) atoms. The van der Waals surface area contributed by atoms with Gasteiger partial charge in [0.1, 0.15) is 6.61 Å². The van der Waals surface area contributed by atoms with Crippen LogP contribution in [0.3, 0.4) is 0 Å². The van der Waals surface area contributed by atoms with Crippen molar-refractivity contribution in [2.24, 2.45) is 5.41 Å². The second-order valence-electron chi connectivity index (χ2n) is 4.21. The fourth-order valence-electron chi connectivity index (χ4n) is 2.19. The molecule has 0 bridgehead atoms. The zero-order chi connectivity index (χ0) is 10.6. The summed E-state index contributed by atoms with van der Waals surface area (Å²) in [7, 11) is 1.57. The van der Waals surface area contributed by atoms with Crippen molar-refractivity contribution in [3.05, 3.63) is 0 Å². The van der Waals surface area contributed by atoms with E-state index in [9.17, 15) is 4.79 Å². The molecule has 3 heteroatoms. The highest BCUT2D eigenvalue weighted by molar-refractivity contribution is 5.77. The maximum Gasteiger partial charge on any atom is 0.248 e. The molecule has 1 rings (SSSR count). The lowest BCUT2D eigenvalue weighted by Gasteiger charge is -2.26. The quantitative estimate of drug-likeness (QED) is 0.689. The first-order valence-corrected chi connectivity index (χ1v) is 5.44. The van der Waals surface area contributed by atoms with Gasteiger partial charge in [-0.3, -0.25) is 4.79 Å². The Kier molecular flexibility index (Phi) is 3.93. The standard InChI is InChI=1S/C11H21NO2/c1-4-11(5-2)6-7-12(9-11)10(13)8-14-3/h4-9H2,1-3H3. The highest BCUT2D eigenvalue weighted by Gasteiger charge is 2.36. The molecule has 0 N–H and O–H groups in total. The van der Waals surface area contributed by atoms with Crippen LogP contribution in [-0.4, -0.2) is 37.6 Å². The van der Waals surface area contributed by atoms with Crippen molar-refractivity contribution < 1.29 is 9.53 Å². The van der Waals surface area contributed by atoms with E-state index >= 15 is 0 Å². The second-order valence-corrected chi connectivity index (χ2v) is 4.21. The summed E-state index contributed by atoms with van der Waals surface area (Å²) in [6.07, 6.45) is 3.48. The van der Waals surface area contributed by atoms with Gasteiger partial charge in [0, 0.05) is 20.2 Å². The molecule has 0 unspecified atom stereocenters. The number of hydrogen-bond donors (Lipinski definition) is 0. The molecular weight excluding hydrogens is 178 g/mol. The van der Waals surface area contributed by atoms with Crippen LogP contribution in [0.25, 0.3) is 0 Å². The van der Waals surface area contributed by atoms with Gasteiger partial charge < -0.3 is 9.64 Å². The largest absolute Gasteiger partial charge is 0.375 e. The summed E-state index contributed by atoms with van der Waals surface area (Å²) in [5.74, 6) is 0.135. The molecule has 0 aromatic carbocycles. The maximum atomic E-state index is 11.6. The minimum Gasteiger partial charge on any atom is -0.375 e. The Morgan fingerprint density at radius 2 is 2.07 bits per heavy atom. The second kappa shape index (κ2) is 4.78. The van der Waals surface area contributed by atoms with Crippen molar-refractivity contribution in [3.63, 3.8) is 0 Å². The zero-order valence-corrected chi connectivity index (χ0v) is 9.51. The van der Waals surface area contributed by atoms with Crippen molar-refractivity contribution in [2.75, 3.05) is 26.8 Å². The zero-order valence-electron chi connectivity index (χ0n) is 9.51. The van der Waals surface area contributed by atoms with E-state index in [1.807, 2.05) is 4.90 Å². The summed E-state index contributed by atoms with van der Waals surface area (Å²) in [5, 5.41) is 0. The number of hydrogen-bond acceptors (Lipinski definition) is 2. The SMILES string of the molecule is CCC1(CC)CCN(C(=O)COC)C1. The van der Waals surface area contributed by atoms with Gasteiger partial charge in [-0.05, 0) is 24.7 Å². The van der Waals surface area contributed by atoms with Crippen LogP contribution in [0.2, 0.25) is 0 Å². The topological polar surface area (TPSA) is 29.5 Å². The summed E-state index contributed by atoms with van der Waals surface area (Å²) in [5.41, 5.74) is 0.378. The van der Waals surface area contributed by atoms with Gasteiger partial charge in [0.15, 0.2) is 0 Å². The minimum atomic E-state index is 0.135. The molecule has 82 valence electrons. The van der Waals surface area contributed by atoms with Gasteiger partial charge in [-0.2, -0.15) is 0 Å². The molecule has 0 atom stereocenters. The average Bonchev–Trinajstić information content (AvgIpc) is 2.63. The number of amides is 1. The molecule has 1 saturated heterocycles. The molecule has 1 heterocycles. The first-order valence-electron chi connectivity index (χ1n) is 5.44. The Bertz CT molecular complexity index is 199. The van der Waals surface area contributed by atoms with E-state index in [2.05, 4.69) is 13.8 Å².